The van der Waals surface area contributed by atoms with E-state index >= 15 is 0 Å². The topological polar surface area (TPSA) is 159 Å². The number of carbonyl (C=O) groups excluding carboxylic acids is 2. The maximum absolute atomic E-state index is 12.9. The predicted molar refractivity (Wildman–Crippen MR) is 224 cm³/mol. The SMILES string of the molecule is O=C(O)C[C@@H](Cc1ccc(C(F)(F)F)cc1)C(=O)Nc1nc(-c2ccccc2Cl)cs1.O=C(O)C[C@@H](Cc1cccc(C(F)(F)F)c1)C(=O)Nc1nc(-c2ccccc2Cl)cs1. The van der Waals surface area contributed by atoms with Crippen LogP contribution in [0.15, 0.2) is 108 Å². The summed E-state index contributed by atoms with van der Waals surface area (Å²) in [6, 6.07) is 22.9. The summed E-state index contributed by atoms with van der Waals surface area (Å²) in [5, 5.41) is 28.3. The fourth-order valence-electron chi connectivity index (χ4n) is 5.87. The fourth-order valence-corrected chi connectivity index (χ4v) is 7.76. The van der Waals surface area contributed by atoms with Crippen molar-refractivity contribution in [3.05, 3.63) is 140 Å². The molecule has 2 heterocycles. The second-order valence-electron chi connectivity index (χ2n) is 13.4. The zero-order chi connectivity index (χ0) is 45.2. The molecule has 6 rings (SSSR count). The first-order valence-corrected chi connectivity index (χ1v) is 20.6. The van der Waals surface area contributed by atoms with E-state index in [0.717, 1.165) is 46.9 Å². The highest BCUT2D eigenvalue weighted by Crippen LogP contribution is 2.34. The second kappa shape index (κ2) is 20.8. The number of halogens is 8. The first kappa shape index (κ1) is 47.2. The van der Waals surface area contributed by atoms with Crippen LogP contribution in [0.1, 0.15) is 35.1 Å². The molecule has 2 amide bonds. The van der Waals surface area contributed by atoms with Crippen LogP contribution in [0.5, 0.6) is 0 Å². The molecule has 4 N–H and O–H groups in total. The van der Waals surface area contributed by atoms with Crippen molar-refractivity contribution < 1.29 is 55.7 Å². The van der Waals surface area contributed by atoms with Crippen LogP contribution in [0.2, 0.25) is 10.0 Å². The van der Waals surface area contributed by atoms with Gasteiger partial charge in [0.05, 0.1) is 47.2 Å². The van der Waals surface area contributed by atoms with Gasteiger partial charge in [-0.15, -0.1) is 22.7 Å². The quantitative estimate of drug-likeness (QED) is 0.0786. The number of carbonyl (C=O) groups is 4. The van der Waals surface area contributed by atoms with Crippen LogP contribution in [-0.4, -0.2) is 43.9 Å². The highest BCUT2D eigenvalue weighted by molar-refractivity contribution is 7.14. The van der Waals surface area contributed by atoms with Crippen molar-refractivity contribution in [3.63, 3.8) is 0 Å². The zero-order valence-electron chi connectivity index (χ0n) is 31.6. The molecule has 0 saturated heterocycles. The molecule has 0 unspecified atom stereocenters. The van der Waals surface area contributed by atoms with Gasteiger partial charge in [0.1, 0.15) is 0 Å². The highest BCUT2D eigenvalue weighted by Gasteiger charge is 2.32. The van der Waals surface area contributed by atoms with Crippen LogP contribution in [0.25, 0.3) is 22.5 Å². The lowest BCUT2D eigenvalue weighted by atomic mass is 9.94. The van der Waals surface area contributed by atoms with Gasteiger partial charge < -0.3 is 20.8 Å². The number of aliphatic carboxylic acids is 2. The van der Waals surface area contributed by atoms with E-state index in [1.807, 2.05) is 0 Å². The number of thiazole rings is 2. The van der Waals surface area contributed by atoms with Crippen molar-refractivity contribution in [3.8, 4) is 22.5 Å². The number of hydrogen-bond acceptors (Lipinski definition) is 8. The Kier molecular flexibility index (Phi) is 15.9. The number of alkyl halides is 6. The van der Waals surface area contributed by atoms with Crippen molar-refractivity contribution >= 4 is 79.9 Å². The van der Waals surface area contributed by atoms with Gasteiger partial charge in [-0.25, -0.2) is 9.97 Å². The normalized spacial score (nSPS) is 12.4. The molecule has 6 aromatic rings. The molecule has 0 spiro atoms. The molecule has 0 aliphatic carbocycles. The summed E-state index contributed by atoms with van der Waals surface area (Å²) >= 11 is 14.6. The van der Waals surface area contributed by atoms with Crippen molar-refractivity contribution in [1.82, 2.24) is 9.97 Å². The number of nitrogens with one attached hydrogen (secondary N) is 2. The second-order valence-corrected chi connectivity index (χ2v) is 15.9. The lowest BCUT2D eigenvalue weighted by molar-refractivity contribution is -0.140. The van der Waals surface area contributed by atoms with Crippen LogP contribution < -0.4 is 10.6 Å². The molecule has 0 fully saturated rings. The average Bonchev–Trinajstić information content (AvgIpc) is 3.87. The van der Waals surface area contributed by atoms with Crippen LogP contribution in [0.4, 0.5) is 36.6 Å². The Morgan fingerprint density at radius 3 is 1.44 bits per heavy atom. The van der Waals surface area contributed by atoms with E-state index < -0.39 is 71.9 Å². The number of amides is 2. The minimum atomic E-state index is -4.53. The smallest absolute Gasteiger partial charge is 0.416 e. The van der Waals surface area contributed by atoms with Crippen LogP contribution in [0.3, 0.4) is 0 Å². The maximum atomic E-state index is 12.9. The summed E-state index contributed by atoms with van der Waals surface area (Å²) in [5.74, 6) is -5.70. The zero-order valence-corrected chi connectivity index (χ0v) is 34.8. The van der Waals surface area contributed by atoms with E-state index in [1.165, 1.54) is 24.3 Å². The van der Waals surface area contributed by atoms with Crippen molar-refractivity contribution in [1.29, 1.82) is 0 Å². The maximum Gasteiger partial charge on any atom is 0.416 e. The number of hydrogen-bond donors (Lipinski definition) is 4. The molecule has 0 aliphatic rings. The Labute approximate surface area is 367 Å². The third-order valence-electron chi connectivity index (χ3n) is 8.85. The standard InChI is InChI=1S/2C21H16ClF3N2O3S/c22-16-7-2-1-6-15(16)17-11-31-20(26-17)27-19(30)13(10-18(28)29)8-12-4-3-5-14(9-12)21(23,24)25;22-16-4-2-1-3-15(16)17-11-31-20(26-17)27-19(30)13(10-18(28)29)9-12-5-7-14(8-6-12)21(23,24)25/h1-7,9,11,13H,8,10H2,(H,28,29)(H,26,27,30);1-8,11,13H,9-10H2,(H,28,29)(H,26,27,30)/t2*13-/m11/s1. The molecule has 4 aromatic carbocycles. The number of rotatable bonds is 14. The molecule has 2 atom stereocenters. The first-order chi connectivity index (χ1) is 29.3. The molecular formula is C42H32Cl2F6N4O6S2. The van der Waals surface area contributed by atoms with Gasteiger partial charge in [0.25, 0.3) is 0 Å². The average molecular weight is 938 g/mol. The molecule has 62 heavy (non-hydrogen) atoms. The van der Waals surface area contributed by atoms with Crippen molar-refractivity contribution in [2.45, 2.75) is 38.0 Å². The third-order valence-corrected chi connectivity index (χ3v) is 11.0. The van der Waals surface area contributed by atoms with Gasteiger partial charge >= 0.3 is 24.3 Å². The van der Waals surface area contributed by atoms with Crippen LogP contribution in [0, 0.1) is 11.8 Å². The Hall–Kier alpha value is -5.82. The summed E-state index contributed by atoms with van der Waals surface area (Å²) in [7, 11) is 0. The molecular weight excluding hydrogens is 906 g/mol. The summed E-state index contributed by atoms with van der Waals surface area (Å²) in [4.78, 5) is 56.4. The summed E-state index contributed by atoms with van der Waals surface area (Å²) in [6.07, 6.45) is -10.2. The summed E-state index contributed by atoms with van der Waals surface area (Å²) in [5.41, 5.74) is 1.42. The van der Waals surface area contributed by atoms with Gasteiger partial charge in [-0.05, 0) is 54.3 Å². The van der Waals surface area contributed by atoms with Crippen molar-refractivity contribution in [2.75, 3.05) is 10.6 Å². The first-order valence-electron chi connectivity index (χ1n) is 18.0. The van der Waals surface area contributed by atoms with Gasteiger partial charge in [0, 0.05) is 31.9 Å². The van der Waals surface area contributed by atoms with Crippen LogP contribution >= 0.6 is 45.9 Å². The predicted octanol–water partition coefficient (Wildman–Crippen LogP) is 11.5. The third kappa shape index (κ3) is 13.6. The van der Waals surface area contributed by atoms with Crippen LogP contribution in [-0.2, 0) is 44.4 Å². The van der Waals surface area contributed by atoms with Crippen molar-refractivity contribution in [2.24, 2.45) is 11.8 Å². The number of nitrogens with zero attached hydrogens (tertiary/aromatic N) is 2. The molecule has 10 nitrogen and oxygen atoms in total. The molecule has 2 aromatic heterocycles. The monoisotopic (exact) mass is 936 g/mol. The Balaban J connectivity index is 0.000000234. The molecule has 20 heteroatoms. The summed E-state index contributed by atoms with van der Waals surface area (Å²) < 4.78 is 77.0. The molecule has 0 saturated carbocycles. The van der Waals surface area contributed by atoms with E-state index in [9.17, 15) is 45.5 Å². The van der Waals surface area contributed by atoms with Gasteiger partial charge in [-0.3, -0.25) is 19.2 Å². The van der Waals surface area contributed by atoms with E-state index in [2.05, 4.69) is 20.6 Å². The van der Waals surface area contributed by atoms with Gasteiger partial charge in [-0.1, -0.05) is 89.9 Å². The Bertz CT molecular complexity index is 2530. The van der Waals surface area contributed by atoms with E-state index in [1.54, 1.807) is 59.3 Å². The lowest BCUT2D eigenvalue weighted by Crippen LogP contribution is -2.27. The lowest BCUT2D eigenvalue weighted by Gasteiger charge is -2.15. The molecule has 324 valence electrons. The summed E-state index contributed by atoms with van der Waals surface area (Å²) in [6.45, 7) is 0. The number of carboxylic acid groups (broad SMARTS) is 2. The molecule has 0 bridgehead atoms. The van der Waals surface area contributed by atoms with E-state index in [0.29, 0.717) is 38.1 Å². The number of carboxylic acids is 2. The molecule has 0 aliphatic heterocycles. The fraction of sp³-hybridized carbons (Fsp3) is 0.190. The van der Waals surface area contributed by atoms with Gasteiger partial charge in [0.15, 0.2) is 10.3 Å². The highest BCUT2D eigenvalue weighted by atomic mass is 35.5. The minimum Gasteiger partial charge on any atom is -0.481 e. The molecule has 0 radical (unpaired) electrons. The Morgan fingerprint density at radius 1 is 0.581 bits per heavy atom. The van der Waals surface area contributed by atoms with Gasteiger partial charge in [0.2, 0.25) is 11.8 Å². The van der Waals surface area contributed by atoms with E-state index in [4.69, 9.17) is 33.4 Å². The van der Waals surface area contributed by atoms with E-state index in [-0.39, 0.29) is 28.7 Å². The minimum absolute atomic E-state index is 0.0288. The number of benzene rings is 4. The number of anilines is 2. The largest absolute Gasteiger partial charge is 0.481 e. The number of aromatic nitrogens is 2. The van der Waals surface area contributed by atoms with Gasteiger partial charge in [-0.2, -0.15) is 26.3 Å². The Morgan fingerprint density at radius 2 is 1.02 bits per heavy atom.